The number of amides is 1. The second kappa shape index (κ2) is 11.3. The molecule has 0 radical (unpaired) electrons. The normalized spacial score (nSPS) is 16.2. The Kier molecular flexibility index (Phi) is 7.87. The van der Waals surface area contributed by atoms with E-state index in [0.717, 1.165) is 49.0 Å². The van der Waals surface area contributed by atoms with E-state index in [9.17, 15) is 4.79 Å². The Labute approximate surface area is 225 Å². The van der Waals surface area contributed by atoms with Crippen molar-refractivity contribution >= 4 is 23.3 Å². The Balaban J connectivity index is 1.26. The maximum atomic E-state index is 13.1. The fourth-order valence-electron chi connectivity index (χ4n) is 5.15. The first-order valence-corrected chi connectivity index (χ1v) is 13.9. The molecule has 1 N–H and O–H groups in total. The lowest BCUT2D eigenvalue weighted by Gasteiger charge is -2.36. The minimum Gasteiger partial charge on any atom is -0.493 e. The van der Waals surface area contributed by atoms with Crippen LogP contribution in [-0.4, -0.2) is 46.3 Å². The average molecular weight is 521 g/mol. The van der Waals surface area contributed by atoms with Gasteiger partial charge in [0.15, 0.2) is 5.82 Å². The predicted molar refractivity (Wildman–Crippen MR) is 149 cm³/mol. The summed E-state index contributed by atoms with van der Waals surface area (Å²) in [6, 6.07) is 14.5. The topological polar surface area (TPSA) is 59.4 Å². The summed E-state index contributed by atoms with van der Waals surface area (Å²) in [4.78, 5) is 15.8. The lowest BCUT2D eigenvalue weighted by Crippen LogP contribution is -2.41. The number of hydrogen-bond donors (Lipinski definition) is 1. The lowest BCUT2D eigenvalue weighted by atomic mass is 9.91. The fourth-order valence-corrected chi connectivity index (χ4v) is 5.35. The predicted octanol–water partition coefficient (Wildman–Crippen LogP) is 6.13. The zero-order valence-corrected chi connectivity index (χ0v) is 22.9. The third kappa shape index (κ3) is 6.19. The minimum absolute atomic E-state index is 0.128. The molecule has 37 heavy (non-hydrogen) atoms. The van der Waals surface area contributed by atoms with Gasteiger partial charge in [-0.1, -0.05) is 37.9 Å². The molecule has 6 nitrogen and oxygen atoms in total. The fraction of sp³-hybridized carbons (Fsp3) is 0.467. The summed E-state index contributed by atoms with van der Waals surface area (Å²) in [5.74, 6) is 1.64. The summed E-state index contributed by atoms with van der Waals surface area (Å²) < 4.78 is 7.88. The molecule has 196 valence electrons. The standard InChI is InChI=1S/C30H37ClN4O2/c1-20(2)19-37-28-10-9-26(31)17-25(28)18-35-21(3)15-29(33-35)32-30(36)24-8-7-22-11-13-34(27-5-4-6-27)14-12-23(22)16-24/h7-10,15-17,20,27H,4-6,11-14,18-19H2,1-3H3,(H,32,33,36). The van der Waals surface area contributed by atoms with Crippen molar-refractivity contribution in [2.24, 2.45) is 5.92 Å². The molecule has 1 amide bonds. The van der Waals surface area contributed by atoms with Crippen molar-refractivity contribution in [1.82, 2.24) is 14.7 Å². The molecule has 1 fully saturated rings. The van der Waals surface area contributed by atoms with Crippen LogP contribution in [0.15, 0.2) is 42.5 Å². The van der Waals surface area contributed by atoms with E-state index in [1.807, 2.05) is 41.9 Å². The minimum atomic E-state index is -0.128. The number of carbonyl (C=O) groups is 1. The van der Waals surface area contributed by atoms with Gasteiger partial charge in [0.25, 0.3) is 5.91 Å². The van der Waals surface area contributed by atoms with Gasteiger partial charge in [-0.15, -0.1) is 0 Å². The molecule has 1 aliphatic carbocycles. The summed E-state index contributed by atoms with van der Waals surface area (Å²) in [7, 11) is 0. The van der Waals surface area contributed by atoms with Gasteiger partial charge >= 0.3 is 0 Å². The number of ether oxygens (including phenoxy) is 1. The zero-order valence-electron chi connectivity index (χ0n) is 22.1. The third-order valence-corrected chi connectivity index (χ3v) is 7.77. The van der Waals surface area contributed by atoms with E-state index in [1.54, 1.807) is 0 Å². The molecule has 2 aromatic carbocycles. The van der Waals surface area contributed by atoms with E-state index in [0.29, 0.717) is 35.5 Å². The van der Waals surface area contributed by atoms with Gasteiger partial charge in [0.2, 0.25) is 0 Å². The molecular formula is C30H37ClN4O2. The maximum absolute atomic E-state index is 13.1. The first kappa shape index (κ1) is 25.8. The third-order valence-electron chi connectivity index (χ3n) is 7.53. The summed E-state index contributed by atoms with van der Waals surface area (Å²) in [6.45, 7) is 9.57. The Morgan fingerprint density at radius 3 is 2.62 bits per heavy atom. The number of hydrogen-bond acceptors (Lipinski definition) is 4. The quantitative estimate of drug-likeness (QED) is 0.388. The van der Waals surface area contributed by atoms with Crippen molar-refractivity contribution in [3.05, 3.63) is 75.4 Å². The second-order valence-corrected chi connectivity index (χ2v) is 11.3. The molecule has 7 heteroatoms. The van der Waals surface area contributed by atoms with Crippen molar-refractivity contribution in [2.45, 2.75) is 65.5 Å². The molecule has 1 aliphatic heterocycles. The van der Waals surface area contributed by atoms with Crippen molar-refractivity contribution in [1.29, 1.82) is 0 Å². The molecule has 2 aliphatic rings. The number of fused-ring (bicyclic) bond motifs is 1. The molecule has 1 aromatic heterocycles. The Morgan fingerprint density at radius 2 is 1.89 bits per heavy atom. The molecule has 5 rings (SSSR count). The van der Waals surface area contributed by atoms with Crippen molar-refractivity contribution in [3.63, 3.8) is 0 Å². The number of benzene rings is 2. The molecule has 0 spiro atoms. The molecule has 0 atom stereocenters. The number of rotatable bonds is 8. The number of nitrogens with zero attached hydrogens (tertiary/aromatic N) is 3. The smallest absolute Gasteiger partial charge is 0.256 e. The van der Waals surface area contributed by atoms with Crippen LogP contribution in [0.4, 0.5) is 5.82 Å². The van der Waals surface area contributed by atoms with Gasteiger partial charge in [-0.25, -0.2) is 0 Å². The number of anilines is 1. The summed E-state index contributed by atoms with van der Waals surface area (Å²) in [5, 5.41) is 8.32. The van der Waals surface area contributed by atoms with Crippen LogP contribution in [0.25, 0.3) is 0 Å². The molecule has 0 bridgehead atoms. The number of aromatic nitrogens is 2. The van der Waals surface area contributed by atoms with Gasteiger partial charge in [-0.05, 0) is 80.0 Å². The summed E-state index contributed by atoms with van der Waals surface area (Å²) in [5.41, 5.74) is 5.26. The molecule has 0 saturated heterocycles. The highest BCUT2D eigenvalue weighted by atomic mass is 35.5. The largest absolute Gasteiger partial charge is 0.493 e. The van der Waals surface area contributed by atoms with E-state index >= 15 is 0 Å². The van der Waals surface area contributed by atoms with Crippen molar-refractivity contribution in [3.8, 4) is 5.75 Å². The van der Waals surface area contributed by atoms with Crippen molar-refractivity contribution < 1.29 is 9.53 Å². The summed E-state index contributed by atoms with van der Waals surface area (Å²) in [6.07, 6.45) is 6.09. The van der Waals surface area contributed by atoms with E-state index in [4.69, 9.17) is 16.3 Å². The van der Waals surface area contributed by atoms with Crippen LogP contribution in [0.5, 0.6) is 5.75 Å². The second-order valence-electron chi connectivity index (χ2n) is 10.8. The molecule has 2 heterocycles. The van der Waals surface area contributed by atoms with E-state index < -0.39 is 0 Å². The Bertz CT molecular complexity index is 1260. The van der Waals surface area contributed by atoms with Crippen LogP contribution in [-0.2, 0) is 19.4 Å². The highest BCUT2D eigenvalue weighted by Gasteiger charge is 2.26. The number of halogens is 1. The van der Waals surface area contributed by atoms with Gasteiger partial charge < -0.3 is 10.1 Å². The van der Waals surface area contributed by atoms with Crippen LogP contribution in [0.2, 0.25) is 5.02 Å². The van der Waals surface area contributed by atoms with Crippen LogP contribution >= 0.6 is 11.6 Å². The van der Waals surface area contributed by atoms with Gasteiger partial charge in [-0.2, -0.15) is 5.10 Å². The van der Waals surface area contributed by atoms with Gasteiger partial charge in [-0.3, -0.25) is 14.4 Å². The SMILES string of the molecule is Cc1cc(NC(=O)c2ccc3c(c2)CCN(C2CCC2)CC3)nn1Cc1cc(Cl)ccc1OCC(C)C. The van der Waals surface area contributed by atoms with Crippen LogP contribution in [0.3, 0.4) is 0 Å². The highest BCUT2D eigenvalue weighted by molar-refractivity contribution is 6.30. The Morgan fingerprint density at radius 1 is 1.11 bits per heavy atom. The zero-order chi connectivity index (χ0) is 25.9. The van der Waals surface area contributed by atoms with Gasteiger partial charge in [0.05, 0.1) is 13.2 Å². The average Bonchev–Trinajstić information content (AvgIpc) is 3.04. The molecule has 1 saturated carbocycles. The molecule has 0 unspecified atom stereocenters. The van der Waals surface area contributed by atoms with E-state index in [-0.39, 0.29) is 5.91 Å². The number of aryl methyl sites for hydroxylation is 1. The van der Waals surface area contributed by atoms with E-state index in [2.05, 4.69) is 41.3 Å². The summed E-state index contributed by atoms with van der Waals surface area (Å²) >= 11 is 6.28. The number of nitrogens with one attached hydrogen (secondary N) is 1. The van der Waals surface area contributed by atoms with Crippen LogP contribution < -0.4 is 10.1 Å². The maximum Gasteiger partial charge on any atom is 0.256 e. The molecular weight excluding hydrogens is 484 g/mol. The van der Waals surface area contributed by atoms with Gasteiger partial charge in [0, 0.05) is 47.0 Å². The van der Waals surface area contributed by atoms with E-state index in [1.165, 1.54) is 30.4 Å². The Hall–Kier alpha value is -2.83. The lowest BCUT2D eigenvalue weighted by molar-refractivity contribution is 0.102. The van der Waals surface area contributed by atoms with Gasteiger partial charge in [0.1, 0.15) is 5.75 Å². The molecule has 3 aromatic rings. The van der Waals surface area contributed by atoms with Crippen LogP contribution in [0.1, 0.15) is 65.9 Å². The number of carbonyl (C=O) groups excluding carboxylic acids is 1. The monoisotopic (exact) mass is 520 g/mol. The first-order valence-electron chi connectivity index (χ1n) is 13.5. The highest BCUT2D eigenvalue weighted by Crippen LogP contribution is 2.28. The first-order chi connectivity index (χ1) is 17.9. The van der Waals surface area contributed by atoms with Crippen LogP contribution in [0, 0.1) is 12.8 Å². The van der Waals surface area contributed by atoms with Crippen molar-refractivity contribution in [2.75, 3.05) is 25.0 Å².